The molecule has 6 heteroatoms. The third-order valence-corrected chi connectivity index (χ3v) is 4.01. The normalized spacial score (nSPS) is 12.9. The lowest BCUT2D eigenvalue weighted by atomic mass is 9.92. The lowest BCUT2D eigenvalue weighted by Crippen LogP contribution is -2.09. The van der Waals surface area contributed by atoms with Gasteiger partial charge in [-0.15, -0.1) is 0 Å². The van der Waals surface area contributed by atoms with Crippen LogP contribution < -0.4 is 0 Å². The van der Waals surface area contributed by atoms with Crippen LogP contribution in [-0.4, -0.2) is 18.8 Å². The minimum atomic E-state index is -4.62. The van der Waals surface area contributed by atoms with Gasteiger partial charge in [0.25, 0.3) is 0 Å². The van der Waals surface area contributed by atoms with Gasteiger partial charge in [-0.05, 0) is 61.6 Å². The highest BCUT2D eigenvalue weighted by Gasteiger charge is 2.30. The molecule has 0 N–H and O–H groups in total. The summed E-state index contributed by atoms with van der Waals surface area (Å²) < 4.78 is 58.2. The molecule has 1 aromatic rings. The van der Waals surface area contributed by atoms with Crippen molar-refractivity contribution in [2.45, 2.75) is 53.1 Å². The van der Waals surface area contributed by atoms with Gasteiger partial charge in [0, 0.05) is 12.0 Å². The summed E-state index contributed by atoms with van der Waals surface area (Å²) in [6.07, 6.45) is -2.52. The molecule has 0 saturated heterocycles. The molecule has 1 aromatic carbocycles. The summed E-state index contributed by atoms with van der Waals surface area (Å²) in [6.45, 7) is 10.5. The molecule has 154 valence electrons. The van der Waals surface area contributed by atoms with Crippen molar-refractivity contribution in [3.63, 3.8) is 0 Å². The Balaban J connectivity index is 3.25. The van der Waals surface area contributed by atoms with Gasteiger partial charge in [-0.3, -0.25) is 4.79 Å². The number of rotatable bonds is 8. The van der Waals surface area contributed by atoms with Crippen molar-refractivity contribution in [2.24, 2.45) is 0 Å². The Morgan fingerprint density at radius 3 is 2.18 bits per heavy atom. The molecule has 0 heterocycles. The van der Waals surface area contributed by atoms with Crippen LogP contribution in [0, 0.1) is 20.8 Å². The number of ether oxygens (including phenoxy) is 1. The fraction of sp³-hybridized carbons (Fsp3) is 0.409. The quantitative estimate of drug-likeness (QED) is 0.277. The summed E-state index contributed by atoms with van der Waals surface area (Å²) in [5.74, 6) is -1.24. The van der Waals surface area contributed by atoms with E-state index >= 15 is 0 Å². The highest BCUT2D eigenvalue weighted by molar-refractivity contribution is 5.80. The van der Waals surface area contributed by atoms with E-state index in [0.29, 0.717) is 12.0 Å². The SMILES string of the molecule is C=C(/C=C(\C=C(/F)CCC(=O)OCCC)c1c(C)cc(C)cc1C)C(F)(F)F. The van der Waals surface area contributed by atoms with Gasteiger partial charge in [0.05, 0.1) is 13.0 Å². The Morgan fingerprint density at radius 1 is 1.11 bits per heavy atom. The largest absolute Gasteiger partial charge is 0.466 e. The molecule has 0 aliphatic carbocycles. The summed E-state index contributed by atoms with van der Waals surface area (Å²) in [7, 11) is 0. The second-order valence-electron chi connectivity index (χ2n) is 6.71. The van der Waals surface area contributed by atoms with Crippen LogP contribution in [0.15, 0.2) is 42.3 Å². The molecular weight excluding hydrogens is 372 g/mol. The number of carbonyl (C=O) groups is 1. The number of aryl methyl sites for hydroxylation is 3. The van der Waals surface area contributed by atoms with E-state index in [9.17, 15) is 22.4 Å². The molecule has 2 nitrogen and oxygen atoms in total. The van der Waals surface area contributed by atoms with Crippen molar-refractivity contribution < 1.29 is 27.1 Å². The molecule has 0 fully saturated rings. The van der Waals surface area contributed by atoms with E-state index in [1.807, 2.05) is 26.0 Å². The lowest BCUT2D eigenvalue weighted by molar-refractivity contribution is -0.143. The van der Waals surface area contributed by atoms with Gasteiger partial charge in [-0.1, -0.05) is 31.2 Å². The van der Waals surface area contributed by atoms with Crippen LogP contribution in [0.25, 0.3) is 5.57 Å². The lowest BCUT2D eigenvalue weighted by Gasteiger charge is -2.15. The predicted molar refractivity (Wildman–Crippen MR) is 104 cm³/mol. The Kier molecular flexibility index (Phi) is 8.66. The molecule has 0 aromatic heterocycles. The smallest absolute Gasteiger partial charge is 0.415 e. The summed E-state index contributed by atoms with van der Waals surface area (Å²) in [6, 6.07) is 3.64. The first-order valence-corrected chi connectivity index (χ1v) is 9.03. The molecule has 0 saturated carbocycles. The standard InChI is InChI=1S/C22H26F4O2/c1-6-9-28-20(27)8-7-19(23)13-18(12-17(5)22(24,25)26)21-15(3)10-14(2)11-16(21)4/h10-13H,5-9H2,1-4H3/b18-12+,19-13-. The van der Waals surface area contributed by atoms with Crippen molar-refractivity contribution in [2.75, 3.05) is 6.61 Å². The maximum absolute atomic E-state index is 14.4. The molecule has 0 amide bonds. The molecule has 0 aliphatic rings. The molecule has 0 atom stereocenters. The Labute approximate surface area is 163 Å². The highest BCUT2D eigenvalue weighted by atomic mass is 19.4. The molecule has 1 rings (SSSR count). The van der Waals surface area contributed by atoms with Gasteiger partial charge in [-0.2, -0.15) is 13.2 Å². The number of alkyl halides is 3. The second-order valence-corrected chi connectivity index (χ2v) is 6.71. The molecule has 0 radical (unpaired) electrons. The Morgan fingerprint density at radius 2 is 1.68 bits per heavy atom. The summed E-state index contributed by atoms with van der Waals surface area (Å²) in [5, 5.41) is 0. The average molecular weight is 398 g/mol. The molecular formula is C22H26F4O2. The third-order valence-electron chi connectivity index (χ3n) is 4.01. The number of esters is 1. The van der Waals surface area contributed by atoms with E-state index < -0.39 is 23.5 Å². The number of carbonyl (C=O) groups excluding carboxylic acids is 1. The second kappa shape index (κ2) is 10.2. The first-order chi connectivity index (χ1) is 13.0. The van der Waals surface area contributed by atoms with E-state index in [1.165, 1.54) is 0 Å². The third kappa shape index (κ3) is 7.33. The Hall–Kier alpha value is -2.37. The topological polar surface area (TPSA) is 26.3 Å². The fourth-order valence-electron chi connectivity index (χ4n) is 2.84. The molecule has 28 heavy (non-hydrogen) atoms. The molecule has 0 bridgehead atoms. The zero-order valence-corrected chi connectivity index (χ0v) is 16.7. The number of benzene rings is 1. The maximum atomic E-state index is 14.4. The molecule has 0 aliphatic heterocycles. The van der Waals surface area contributed by atoms with E-state index in [0.717, 1.165) is 28.8 Å². The monoisotopic (exact) mass is 398 g/mol. The van der Waals surface area contributed by atoms with Crippen LogP contribution in [0.5, 0.6) is 0 Å². The zero-order valence-electron chi connectivity index (χ0n) is 16.7. The van der Waals surface area contributed by atoms with Crippen LogP contribution in [-0.2, 0) is 9.53 Å². The maximum Gasteiger partial charge on any atom is 0.415 e. The predicted octanol–water partition coefficient (Wildman–Crippen LogP) is 6.70. The minimum absolute atomic E-state index is 0.0664. The van der Waals surface area contributed by atoms with Gasteiger partial charge in [0.2, 0.25) is 0 Å². The van der Waals surface area contributed by atoms with Gasteiger partial charge in [0.1, 0.15) is 5.83 Å². The first-order valence-electron chi connectivity index (χ1n) is 9.03. The number of hydrogen-bond acceptors (Lipinski definition) is 2. The summed E-state index contributed by atoms with van der Waals surface area (Å²) >= 11 is 0. The van der Waals surface area contributed by atoms with Crippen LogP contribution >= 0.6 is 0 Å². The zero-order chi connectivity index (χ0) is 21.5. The summed E-state index contributed by atoms with van der Waals surface area (Å²) in [5.41, 5.74) is 1.91. The van der Waals surface area contributed by atoms with Crippen LogP contribution in [0.1, 0.15) is 48.4 Å². The van der Waals surface area contributed by atoms with Crippen LogP contribution in [0.2, 0.25) is 0 Å². The van der Waals surface area contributed by atoms with Crippen molar-refractivity contribution in [3.05, 3.63) is 64.5 Å². The van der Waals surface area contributed by atoms with E-state index in [1.54, 1.807) is 13.8 Å². The van der Waals surface area contributed by atoms with E-state index in [2.05, 4.69) is 6.58 Å². The van der Waals surface area contributed by atoms with E-state index in [-0.39, 0.29) is 25.0 Å². The van der Waals surface area contributed by atoms with Crippen molar-refractivity contribution in [1.29, 1.82) is 0 Å². The van der Waals surface area contributed by atoms with Gasteiger partial charge < -0.3 is 4.74 Å². The van der Waals surface area contributed by atoms with Crippen LogP contribution in [0.3, 0.4) is 0 Å². The van der Waals surface area contributed by atoms with E-state index in [4.69, 9.17) is 4.74 Å². The average Bonchev–Trinajstić information content (AvgIpc) is 2.56. The van der Waals surface area contributed by atoms with Crippen molar-refractivity contribution in [1.82, 2.24) is 0 Å². The van der Waals surface area contributed by atoms with Crippen molar-refractivity contribution in [3.8, 4) is 0 Å². The Bertz CT molecular complexity index is 763. The van der Waals surface area contributed by atoms with Gasteiger partial charge >= 0.3 is 12.1 Å². The van der Waals surface area contributed by atoms with Gasteiger partial charge in [-0.25, -0.2) is 4.39 Å². The van der Waals surface area contributed by atoms with Crippen molar-refractivity contribution >= 4 is 11.5 Å². The van der Waals surface area contributed by atoms with Gasteiger partial charge in [0.15, 0.2) is 0 Å². The fourth-order valence-corrected chi connectivity index (χ4v) is 2.84. The highest BCUT2D eigenvalue weighted by Crippen LogP contribution is 2.32. The minimum Gasteiger partial charge on any atom is -0.466 e. The first kappa shape index (κ1) is 23.7. The molecule has 0 unspecified atom stereocenters. The number of hydrogen-bond donors (Lipinski definition) is 0. The number of halogens is 4. The number of allylic oxidation sites excluding steroid dienone is 5. The summed E-state index contributed by atoms with van der Waals surface area (Å²) in [4.78, 5) is 11.5. The molecule has 0 spiro atoms. The van der Waals surface area contributed by atoms with Crippen LogP contribution in [0.4, 0.5) is 17.6 Å².